The molecule has 0 aromatic carbocycles. The Kier molecular flexibility index (Phi) is 3.27. The number of amides is 1. The minimum atomic E-state index is 0.0540. The van der Waals surface area contributed by atoms with E-state index >= 15 is 0 Å². The molecule has 2 heterocycles. The maximum atomic E-state index is 11.8. The van der Waals surface area contributed by atoms with Crippen LogP contribution >= 0.6 is 11.3 Å². The fourth-order valence-electron chi connectivity index (χ4n) is 1.63. The summed E-state index contributed by atoms with van der Waals surface area (Å²) in [5, 5.41) is 15.2. The van der Waals surface area contributed by atoms with Crippen LogP contribution in [0.2, 0.25) is 0 Å². The normalized spacial score (nSPS) is 21.3. The molecule has 0 aliphatic carbocycles. The SMILES string of the molecule is Cc1nnc(NC(=O)[C@@H]2CCCNC2)s1. The van der Waals surface area contributed by atoms with E-state index in [-0.39, 0.29) is 11.8 Å². The summed E-state index contributed by atoms with van der Waals surface area (Å²) in [4.78, 5) is 11.8. The van der Waals surface area contributed by atoms with Crippen molar-refractivity contribution in [2.45, 2.75) is 19.8 Å². The third-order valence-corrected chi connectivity index (χ3v) is 3.18. The Balaban J connectivity index is 1.91. The van der Waals surface area contributed by atoms with Crippen molar-refractivity contribution >= 4 is 22.4 Å². The fourth-order valence-corrected chi connectivity index (χ4v) is 2.22. The molecule has 0 unspecified atom stereocenters. The van der Waals surface area contributed by atoms with Gasteiger partial charge in [0.25, 0.3) is 0 Å². The standard InChI is InChI=1S/C9H14N4OS/c1-6-12-13-9(15-6)11-8(14)7-3-2-4-10-5-7/h7,10H,2-5H2,1H3,(H,11,13,14)/t7-/m1/s1. The van der Waals surface area contributed by atoms with E-state index in [0.717, 1.165) is 30.9 Å². The quantitative estimate of drug-likeness (QED) is 0.782. The molecule has 15 heavy (non-hydrogen) atoms. The first-order valence-electron chi connectivity index (χ1n) is 5.07. The molecule has 0 spiro atoms. The topological polar surface area (TPSA) is 66.9 Å². The van der Waals surface area contributed by atoms with Gasteiger partial charge in [-0.25, -0.2) is 0 Å². The monoisotopic (exact) mass is 226 g/mol. The van der Waals surface area contributed by atoms with Crippen LogP contribution in [-0.2, 0) is 4.79 Å². The summed E-state index contributed by atoms with van der Waals surface area (Å²) in [6, 6.07) is 0. The van der Waals surface area contributed by atoms with Gasteiger partial charge in [-0.05, 0) is 26.3 Å². The molecule has 1 aliphatic rings. The first kappa shape index (κ1) is 10.5. The van der Waals surface area contributed by atoms with E-state index in [2.05, 4.69) is 20.8 Å². The highest BCUT2D eigenvalue weighted by Crippen LogP contribution is 2.17. The molecule has 1 aliphatic heterocycles. The molecule has 1 atom stereocenters. The average molecular weight is 226 g/mol. The Hall–Kier alpha value is -1.01. The number of hydrogen-bond acceptors (Lipinski definition) is 5. The number of nitrogens with one attached hydrogen (secondary N) is 2. The zero-order valence-corrected chi connectivity index (χ0v) is 9.43. The van der Waals surface area contributed by atoms with Gasteiger partial charge in [-0.15, -0.1) is 10.2 Å². The number of aromatic nitrogens is 2. The Morgan fingerprint density at radius 3 is 3.07 bits per heavy atom. The van der Waals surface area contributed by atoms with Gasteiger partial charge in [-0.3, -0.25) is 4.79 Å². The molecule has 0 radical (unpaired) electrons. The van der Waals surface area contributed by atoms with Crippen LogP contribution in [0.25, 0.3) is 0 Å². The molecule has 1 amide bonds. The lowest BCUT2D eigenvalue weighted by molar-refractivity contribution is -0.120. The second-order valence-corrected chi connectivity index (χ2v) is 4.84. The summed E-state index contributed by atoms with van der Waals surface area (Å²) < 4.78 is 0. The number of rotatable bonds is 2. The molecule has 0 bridgehead atoms. The highest BCUT2D eigenvalue weighted by atomic mass is 32.1. The molecule has 0 saturated carbocycles. The predicted octanol–water partition coefficient (Wildman–Crippen LogP) is 0.785. The van der Waals surface area contributed by atoms with Crippen LogP contribution < -0.4 is 10.6 Å². The zero-order chi connectivity index (χ0) is 10.7. The second kappa shape index (κ2) is 4.67. The molecule has 82 valence electrons. The number of aryl methyl sites for hydroxylation is 1. The van der Waals surface area contributed by atoms with Gasteiger partial charge >= 0.3 is 0 Å². The summed E-state index contributed by atoms with van der Waals surface area (Å²) in [5.41, 5.74) is 0. The van der Waals surface area contributed by atoms with E-state index in [0.29, 0.717) is 5.13 Å². The third kappa shape index (κ3) is 2.73. The molecular weight excluding hydrogens is 212 g/mol. The van der Waals surface area contributed by atoms with Gasteiger partial charge < -0.3 is 10.6 Å². The predicted molar refractivity (Wildman–Crippen MR) is 58.9 cm³/mol. The molecule has 1 aromatic heterocycles. The Morgan fingerprint density at radius 2 is 2.47 bits per heavy atom. The lowest BCUT2D eigenvalue weighted by Crippen LogP contribution is -2.37. The smallest absolute Gasteiger partial charge is 0.230 e. The largest absolute Gasteiger partial charge is 0.316 e. The van der Waals surface area contributed by atoms with Crippen LogP contribution in [0.4, 0.5) is 5.13 Å². The lowest BCUT2D eigenvalue weighted by Gasteiger charge is -2.20. The molecule has 2 rings (SSSR count). The molecule has 6 heteroatoms. The number of carbonyl (C=O) groups excluding carboxylic acids is 1. The van der Waals surface area contributed by atoms with Gasteiger partial charge in [0.1, 0.15) is 5.01 Å². The maximum absolute atomic E-state index is 11.8. The minimum absolute atomic E-state index is 0.0540. The fraction of sp³-hybridized carbons (Fsp3) is 0.667. The van der Waals surface area contributed by atoms with Crippen molar-refractivity contribution in [2.24, 2.45) is 5.92 Å². The van der Waals surface area contributed by atoms with Crippen molar-refractivity contribution in [3.05, 3.63) is 5.01 Å². The first-order chi connectivity index (χ1) is 7.25. The van der Waals surface area contributed by atoms with E-state index in [1.54, 1.807) is 0 Å². The Morgan fingerprint density at radius 1 is 1.60 bits per heavy atom. The van der Waals surface area contributed by atoms with Gasteiger partial charge in [0.05, 0.1) is 5.92 Å². The number of hydrogen-bond donors (Lipinski definition) is 2. The second-order valence-electron chi connectivity index (χ2n) is 3.66. The highest BCUT2D eigenvalue weighted by molar-refractivity contribution is 7.15. The van der Waals surface area contributed by atoms with Crippen molar-refractivity contribution in [2.75, 3.05) is 18.4 Å². The average Bonchev–Trinajstić information content (AvgIpc) is 2.65. The minimum Gasteiger partial charge on any atom is -0.316 e. The van der Waals surface area contributed by atoms with E-state index in [1.165, 1.54) is 11.3 Å². The number of piperidine rings is 1. The Labute approximate surface area is 92.3 Å². The van der Waals surface area contributed by atoms with E-state index < -0.39 is 0 Å². The number of anilines is 1. The van der Waals surface area contributed by atoms with Gasteiger partial charge in [0.15, 0.2) is 0 Å². The summed E-state index contributed by atoms with van der Waals surface area (Å²) in [6.45, 7) is 3.65. The summed E-state index contributed by atoms with van der Waals surface area (Å²) in [5.74, 6) is 0.126. The van der Waals surface area contributed by atoms with Crippen LogP contribution in [0.1, 0.15) is 17.8 Å². The molecule has 2 N–H and O–H groups in total. The highest BCUT2D eigenvalue weighted by Gasteiger charge is 2.21. The molecule has 1 fully saturated rings. The first-order valence-corrected chi connectivity index (χ1v) is 5.89. The van der Waals surface area contributed by atoms with Crippen molar-refractivity contribution in [3.63, 3.8) is 0 Å². The van der Waals surface area contributed by atoms with Crippen LogP contribution in [0, 0.1) is 12.8 Å². The maximum Gasteiger partial charge on any atom is 0.230 e. The van der Waals surface area contributed by atoms with Crippen molar-refractivity contribution in [3.8, 4) is 0 Å². The van der Waals surface area contributed by atoms with Crippen LogP contribution in [0.3, 0.4) is 0 Å². The van der Waals surface area contributed by atoms with Crippen molar-refractivity contribution in [1.29, 1.82) is 0 Å². The van der Waals surface area contributed by atoms with Crippen LogP contribution in [-0.4, -0.2) is 29.2 Å². The summed E-state index contributed by atoms with van der Waals surface area (Å²) in [6.07, 6.45) is 2.02. The number of nitrogens with zero attached hydrogens (tertiary/aromatic N) is 2. The molecule has 5 nitrogen and oxygen atoms in total. The van der Waals surface area contributed by atoms with Gasteiger partial charge in [-0.2, -0.15) is 0 Å². The summed E-state index contributed by atoms with van der Waals surface area (Å²) in [7, 11) is 0. The van der Waals surface area contributed by atoms with E-state index in [1.807, 2.05) is 6.92 Å². The summed E-state index contributed by atoms with van der Waals surface area (Å²) >= 11 is 1.41. The lowest BCUT2D eigenvalue weighted by atomic mass is 9.99. The third-order valence-electron chi connectivity index (χ3n) is 2.42. The van der Waals surface area contributed by atoms with Crippen molar-refractivity contribution < 1.29 is 4.79 Å². The molecule has 1 aromatic rings. The van der Waals surface area contributed by atoms with E-state index in [9.17, 15) is 4.79 Å². The molecular formula is C9H14N4OS. The van der Waals surface area contributed by atoms with Gasteiger partial charge in [0, 0.05) is 6.54 Å². The Bertz CT molecular complexity index is 346. The van der Waals surface area contributed by atoms with Crippen LogP contribution in [0.15, 0.2) is 0 Å². The van der Waals surface area contributed by atoms with Crippen LogP contribution in [0.5, 0.6) is 0 Å². The van der Waals surface area contributed by atoms with E-state index in [4.69, 9.17) is 0 Å². The van der Waals surface area contributed by atoms with Gasteiger partial charge in [0.2, 0.25) is 11.0 Å². The number of carbonyl (C=O) groups is 1. The van der Waals surface area contributed by atoms with Gasteiger partial charge in [-0.1, -0.05) is 11.3 Å². The van der Waals surface area contributed by atoms with Crippen molar-refractivity contribution in [1.82, 2.24) is 15.5 Å². The molecule has 1 saturated heterocycles. The zero-order valence-electron chi connectivity index (χ0n) is 8.62.